The minimum atomic E-state index is 0. The van der Waals surface area contributed by atoms with Gasteiger partial charge in [-0.2, -0.15) is 0 Å². The third kappa shape index (κ3) is 5.02. The number of aryl methyl sites for hydroxylation is 2. The van der Waals surface area contributed by atoms with Crippen molar-refractivity contribution < 1.29 is 0 Å². The maximum Gasteiger partial charge on any atom is 0.0371 e. The first kappa shape index (κ1) is 19.6. The Morgan fingerprint density at radius 2 is 1.59 bits per heavy atom. The lowest BCUT2D eigenvalue weighted by Gasteiger charge is -2.35. The highest BCUT2D eigenvalue weighted by Gasteiger charge is 2.23. The van der Waals surface area contributed by atoms with Crippen LogP contribution in [0.4, 0.5) is 5.69 Å². The van der Waals surface area contributed by atoms with Crippen molar-refractivity contribution in [3.63, 3.8) is 0 Å². The van der Waals surface area contributed by atoms with E-state index in [2.05, 4.69) is 47.6 Å². The molecule has 2 aliphatic heterocycles. The second-order valence-corrected chi connectivity index (χ2v) is 6.46. The Kier molecular flexibility index (Phi) is 7.98. The van der Waals surface area contributed by atoms with E-state index in [-0.39, 0.29) is 24.8 Å². The van der Waals surface area contributed by atoms with Crippen LogP contribution in [-0.4, -0.2) is 38.3 Å². The van der Waals surface area contributed by atoms with Gasteiger partial charge in [-0.25, -0.2) is 0 Å². The van der Waals surface area contributed by atoms with E-state index in [1.165, 1.54) is 55.7 Å². The monoisotopic (exact) mass is 345 g/mol. The molecule has 0 radical (unpaired) electrons. The summed E-state index contributed by atoms with van der Waals surface area (Å²) in [4.78, 5) is 2.55. The van der Waals surface area contributed by atoms with Crippen molar-refractivity contribution in [2.45, 2.75) is 45.2 Å². The fourth-order valence-electron chi connectivity index (χ4n) is 3.57. The molecule has 0 aliphatic carbocycles. The SMILES string of the molecule is Cc1cc(C)cc(N2CCC(NC3CCNC3)CC2)c1.Cl.Cl. The summed E-state index contributed by atoms with van der Waals surface area (Å²) in [6.45, 7) is 9.08. The van der Waals surface area contributed by atoms with Gasteiger partial charge in [-0.15, -0.1) is 24.8 Å². The number of anilines is 1. The Bertz CT molecular complexity index is 433. The molecule has 1 aromatic carbocycles. The zero-order valence-electron chi connectivity index (χ0n) is 13.6. The molecule has 0 spiro atoms. The summed E-state index contributed by atoms with van der Waals surface area (Å²) in [6, 6.07) is 8.31. The van der Waals surface area contributed by atoms with Gasteiger partial charge in [-0.1, -0.05) is 6.07 Å². The van der Waals surface area contributed by atoms with Crippen LogP contribution < -0.4 is 15.5 Å². The summed E-state index contributed by atoms with van der Waals surface area (Å²) in [7, 11) is 0. The maximum absolute atomic E-state index is 3.82. The fourth-order valence-corrected chi connectivity index (χ4v) is 3.57. The molecular weight excluding hydrogens is 317 g/mol. The average molecular weight is 346 g/mol. The number of rotatable bonds is 3. The standard InChI is InChI=1S/C17H27N3.2ClH/c1-13-9-14(2)11-17(10-13)20-7-4-15(5-8-20)19-16-3-6-18-12-16;;/h9-11,15-16,18-19H,3-8,12H2,1-2H3;2*1H. The molecular formula is C17H29Cl2N3. The van der Waals surface area contributed by atoms with E-state index in [1.807, 2.05) is 0 Å². The van der Waals surface area contributed by atoms with Crippen molar-refractivity contribution in [2.75, 3.05) is 31.1 Å². The van der Waals surface area contributed by atoms with Gasteiger partial charge in [0.1, 0.15) is 0 Å². The molecule has 2 N–H and O–H groups in total. The quantitative estimate of drug-likeness (QED) is 0.881. The molecule has 0 aromatic heterocycles. The Hall–Kier alpha value is -0.480. The van der Waals surface area contributed by atoms with Gasteiger partial charge in [-0.3, -0.25) is 0 Å². The number of piperidine rings is 1. The Morgan fingerprint density at radius 3 is 2.14 bits per heavy atom. The Morgan fingerprint density at radius 1 is 0.955 bits per heavy atom. The lowest BCUT2D eigenvalue weighted by atomic mass is 10.0. The molecule has 3 rings (SSSR count). The molecule has 1 atom stereocenters. The average Bonchev–Trinajstić information content (AvgIpc) is 2.91. The molecule has 1 unspecified atom stereocenters. The van der Waals surface area contributed by atoms with Crippen molar-refractivity contribution >= 4 is 30.5 Å². The van der Waals surface area contributed by atoms with Crippen molar-refractivity contribution in [3.8, 4) is 0 Å². The third-order valence-corrected chi connectivity index (χ3v) is 4.60. The molecule has 126 valence electrons. The highest BCUT2D eigenvalue weighted by atomic mass is 35.5. The first-order valence-electron chi connectivity index (χ1n) is 8.01. The number of benzene rings is 1. The number of nitrogens with zero attached hydrogens (tertiary/aromatic N) is 1. The number of halogens is 2. The van der Waals surface area contributed by atoms with Gasteiger partial charge in [0.25, 0.3) is 0 Å². The van der Waals surface area contributed by atoms with Gasteiger partial charge in [0.2, 0.25) is 0 Å². The van der Waals surface area contributed by atoms with Gasteiger partial charge in [0.05, 0.1) is 0 Å². The van der Waals surface area contributed by atoms with Crippen molar-refractivity contribution in [1.29, 1.82) is 0 Å². The molecule has 5 heteroatoms. The lowest BCUT2D eigenvalue weighted by Crippen LogP contribution is -2.46. The lowest BCUT2D eigenvalue weighted by molar-refractivity contribution is 0.375. The highest BCUT2D eigenvalue weighted by Crippen LogP contribution is 2.23. The van der Waals surface area contributed by atoms with Crippen LogP contribution in [0.5, 0.6) is 0 Å². The van der Waals surface area contributed by atoms with E-state index in [1.54, 1.807) is 0 Å². The normalized spacial score (nSPS) is 22.1. The second kappa shape index (κ2) is 8.97. The van der Waals surface area contributed by atoms with E-state index >= 15 is 0 Å². The van der Waals surface area contributed by atoms with Crippen LogP contribution in [0.15, 0.2) is 18.2 Å². The molecule has 2 fully saturated rings. The molecule has 22 heavy (non-hydrogen) atoms. The van der Waals surface area contributed by atoms with E-state index in [0.717, 1.165) is 6.54 Å². The van der Waals surface area contributed by atoms with Gasteiger partial charge in [0.15, 0.2) is 0 Å². The molecule has 2 heterocycles. The molecule has 2 saturated heterocycles. The smallest absolute Gasteiger partial charge is 0.0371 e. The Balaban J connectivity index is 0.00000121. The van der Waals surface area contributed by atoms with Crippen LogP contribution >= 0.6 is 24.8 Å². The predicted molar refractivity (Wildman–Crippen MR) is 100 cm³/mol. The first-order chi connectivity index (χ1) is 9.70. The van der Waals surface area contributed by atoms with E-state index < -0.39 is 0 Å². The van der Waals surface area contributed by atoms with Crippen LogP contribution in [0, 0.1) is 13.8 Å². The Labute approximate surface area is 147 Å². The third-order valence-electron chi connectivity index (χ3n) is 4.60. The largest absolute Gasteiger partial charge is 0.371 e. The van der Waals surface area contributed by atoms with Gasteiger partial charge < -0.3 is 15.5 Å². The van der Waals surface area contributed by atoms with Crippen molar-refractivity contribution in [2.24, 2.45) is 0 Å². The van der Waals surface area contributed by atoms with Crippen LogP contribution in [0.25, 0.3) is 0 Å². The molecule has 0 bridgehead atoms. The number of hydrogen-bond acceptors (Lipinski definition) is 3. The predicted octanol–water partition coefficient (Wildman–Crippen LogP) is 3.07. The summed E-state index contributed by atoms with van der Waals surface area (Å²) in [5.41, 5.74) is 4.15. The fraction of sp³-hybridized carbons (Fsp3) is 0.647. The summed E-state index contributed by atoms with van der Waals surface area (Å²) in [5, 5.41) is 7.26. The highest BCUT2D eigenvalue weighted by molar-refractivity contribution is 5.85. The van der Waals surface area contributed by atoms with Crippen LogP contribution in [-0.2, 0) is 0 Å². The minimum absolute atomic E-state index is 0. The van der Waals surface area contributed by atoms with E-state index in [4.69, 9.17) is 0 Å². The molecule has 3 nitrogen and oxygen atoms in total. The van der Waals surface area contributed by atoms with E-state index in [0.29, 0.717) is 12.1 Å². The summed E-state index contributed by atoms with van der Waals surface area (Å²) >= 11 is 0. The first-order valence-corrected chi connectivity index (χ1v) is 8.01. The van der Waals surface area contributed by atoms with Crippen LogP contribution in [0.1, 0.15) is 30.4 Å². The molecule has 2 aliphatic rings. The van der Waals surface area contributed by atoms with Gasteiger partial charge in [-0.05, 0) is 62.9 Å². The number of nitrogens with one attached hydrogen (secondary N) is 2. The summed E-state index contributed by atoms with van der Waals surface area (Å²) in [5.74, 6) is 0. The molecule has 1 aromatic rings. The van der Waals surface area contributed by atoms with Crippen molar-refractivity contribution in [3.05, 3.63) is 29.3 Å². The summed E-state index contributed by atoms with van der Waals surface area (Å²) in [6.07, 6.45) is 3.82. The summed E-state index contributed by atoms with van der Waals surface area (Å²) < 4.78 is 0. The molecule has 0 amide bonds. The van der Waals surface area contributed by atoms with Crippen molar-refractivity contribution in [1.82, 2.24) is 10.6 Å². The zero-order valence-corrected chi connectivity index (χ0v) is 15.2. The van der Waals surface area contributed by atoms with Crippen LogP contribution in [0.3, 0.4) is 0 Å². The van der Waals surface area contributed by atoms with Crippen LogP contribution in [0.2, 0.25) is 0 Å². The van der Waals surface area contributed by atoms with Gasteiger partial charge >= 0.3 is 0 Å². The minimum Gasteiger partial charge on any atom is -0.371 e. The van der Waals surface area contributed by atoms with E-state index in [9.17, 15) is 0 Å². The number of hydrogen-bond donors (Lipinski definition) is 2. The topological polar surface area (TPSA) is 27.3 Å². The molecule has 0 saturated carbocycles. The van der Waals surface area contributed by atoms with Gasteiger partial charge in [0, 0.05) is 37.4 Å². The zero-order chi connectivity index (χ0) is 13.9. The second-order valence-electron chi connectivity index (χ2n) is 6.46. The maximum atomic E-state index is 3.82.